The molecule has 2 aromatic heterocycles. The molecule has 1 fully saturated rings. The topological polar surface area (TPSA) is 88.5 Å². The van der Waals surface area contributed by atoms with Gasteiger partial charge in [-0.25, -0.2) is 9.78 Å². The van der Waals surface area contributed by atoms with Crippen molar-refractivity contribution in [3.63, 3.8) is 0 Å². The molecule has 0 radical (unpaired) electrons. The molecule has 1 saturated heterocycles. The van der Waals surface area contributed by atoms with Gasteiger partial charge in [0.2, 0.25) is 0 Å². The Morgan fingerprint density at radius 1 is 1.54 bits per heavy atom. The highest BCUT2D eigenvalue weighted by Crippen LogP contribution is 2.14. The number of carbonyl (C=O) groups excluding carboxylic acids is 1. The fourth-order valence-electron chi connectivity index (χ4n) is 2.40. The van der Waals surface area contributed by atoms with Crippen LogP contribution in [-0.2, 0) is 11.8 Å². The third-order valence-corrected chi connectivity index (χ3v) is 4.40. The van der Waals surface area contributed by atoms with E-state index in [9.17, 15) is 9.59 Å². The fourth-order valence-corrected chi connectivity index (χ4v) is 2.98. The summed E-state index contributed by atoms with van der Waals surface area (Å²) in [7, 11) is 1.67. The van der Waals surface area contributed by atoms with Crippen LogP contribution in [0.4, 0.5) is 16.3 Å². The largest absolute Gasteiger partial charge is 0.373 e. The first-order valence-electron chi connectivity index (χ1n) is 7.58. The maximum absolute atomic E-state index is 12.3. The van der Waals surface area contributed by atoms with E-state index in [1.165, 1.54) is 15.9 Å². The van der Waals surface area contributed by atoms with Crippen molar-refractivity contribution >= 4 is 28.9 Å². The molecule has 1 aliphatic heterocycles. The highest BCUT2D eigenvalue weighted by atomic mass is 32.1. The molecule has 24 heavy (non-hydrogen) atoms. The summed E-state index contributed by atoms with van der Waals surface area (Å²) in [5, 5.41) is 9.66. The van der Waals surface area contributed by atoms with Crippen molar-refractivity contribution < 1.29 is 9.53 Å². The molecule has 3 rings (SSSR count). The van der Waals surface area contributed by atoms with E-state index in [4.69, 9.17) is 4.74 Å². The molecule has 0 aromatic carbocycles. The molecule has 2 aromatic rings. The molecule has 1 atom stereocenters. The first-order chi connectivity index (χ1) is 11.6. The van der Waals surface area contributed by atoms with Crippen LogP contribution in [0.25, 0.3) is 0 Å². The van der Waals surface area contributed by atoms with Crippen molar-refractivity contribution in [1.82, 2.24) is 14.5 Å². The predicted octanol–water partition coefficient (Wildman–Crippen LogP) is 1.19. The molecular formula is C15H19N5O3S. The number of urea groups is 1. The average Bonchev–Trinajstić information content (AvgIpc) is 3.09. The Bertz CT molecular complexity index is 746. The normalized spacial score (nSPS) is 17.5. The second kappa shape index (κ2) is 7.45. The van der Waals surface area contributed by atoms with Crippen molar-refractivity contribution in [1.29, 1.82) is 0 Å². The van der Waals surface area contributed by atoms with E-state index < -0.39 is 0 Å². The van der Waals surface area contributed by atoms with Gasteiger partial charge in [-0.15, -0.1) is 0 Å². The zero-order chi connectivity index (χ0) is 16.9. The summed E-state index contributed by atoms with van der Waals surface area (Å²) in [6.45, 7) is 1.87. The maximum atomic E-state index is 12.3. The Kier molecular flexibility index (Phi) is 5.11. The number of nitrogens with zero attached hydrogens (tertiary/aromatic N) is 3. The molecular weight excluding hydrogens is 330 g/mol. The van der Waals surface area contributed by atoms with E-state index in [0.29, 0.717) is 26.2 Å². The number of aromatic nitrogens is 2. The lowest BCUT2D eigenvalue weighted by Crippen LogP contribution is -2.49. The number of amides is 2. The molecule has 0 aliphatic carbocycles. The Balaban J connectivity index is 1.54. The van der Waals surface area contributed by atoms with Gasteiger partial charge in [0.15, 0.2) is 5.82 Å². The van der Waals surface area contributed by atoms with Crippen LogP contribution in [0.1, 0.15) is 0 Å². The number of rotatable bonds is 4. The standard InChI is InChI=1S/C15H19N5O3S/c1-19-4-3-16-13(14(19)21)17-8-12-9-20(5-6-23-12)15(22)18-11-2-7-24-10-11/h2-4,7,10,12H,5-6,8-9H2,1H3,(H,16,17)(H,18,22)/t12-/m1/s1. The molecule has 0 spiro atoms. The monoisotopic (exact) mass is 349 g/mol. The molecule has 128 valence electrons. The molecule has 8 nitrogen and oxygen atoms in total. The molecule has 2 N–H and O–H groups in total. The number of ether oxygens (including phenoxy) is 1. The molecule has 1 aliphatic rings. The third kappa shape index (κ3) is 3.92. The van der Waals surface area contributed by atoms with E-state index in [-0.39, 0.29) is 23.5 Å². The molecule has 0 bridgehead atoms. The lowest BCUT2D eigenvalue weighted by Gasteiger charge is -2.33. The predicted molar refractivity (Wildman–Crippen MR) is 92.6 cm³/mol. The van der Waals surface area contributed by atoms with Gasteiger partial charge in [-0.05, 0) is 11.4 Å². The Hall–Kier alpha value is -2.39. The second-order valence-electron chi connectivity index (χ2n) is 5.45. The fraction of sp³-hybridized carbons (Fsp3) is 0.400. The minimum absolute atomic E-state index is 0.143. The van der Waals surface area contributed by atoms with Crippen LogP contribution < -0.4 is 16.2 Å². The minimum Gasteiger partial charge on any atom is -0.373 e. The average molecular weight is 349 g/mol. The lowest BCUT2D eigenvalue weighted by atomic mass is 10.2. The number of anilines is 2. The summed E-state index contributed by atoms with van der Waals surface area (Å²) in [6, 6.07) is 1.72. The number of morpholine rings is 1. The summed E-state index contributed by atoms with van der Waals surface area (Å²) < 4.78 is 7.12. The summed E-state index contributed by atoms with van der Waals surface area (Å²) in [6.07, 6.45) is 2.96. The number of nitrogens with one attached hydrogen (secondary N) is 2. The number of thiophene rings is 1. The first kappa shape index (κ1) is 16.5. The van der Waals surface area contributed by atoms with Crippen LogP contribution >= 0.6 is 11.3 Å². The SMILES string of the molecule is Cn1ccnc(NC[C@@H]2CN(C(=O)Nc3ccsc3)CCO2)c1=O. The Labute approximate surface area is 143 Å². The summed E-state index contributed by atoms with van der Waals surface area (Å²) in [5.41, 5.74) is 0.600. The molecule has 9 heteroatoms. The van der Waals surface area contributed by atoms with Crippen molar-refractivity contribution in [2.75, 3.05) is 36.9 Å². The summed E-state index contributed by atoms with van der Waals surface area (Å²) >= 11 is 1.53. The number of aryl methyl sites for hydroxylation is 1. The van der Waals surface area contributed by atoms with Crippen LogP contribution in [0.15, 0.2) is 34.0 Å². The molecule has 2 amide bonds. The highest BCUT2D eigenvalue weighted by molar-refractivity contribution is 7.08. The van der Waals surface area contributed by atoms with E-state index in [1.54, 1.807) is 24.3 Å². The molecule has 0 saturated carbocycles. The van der Waals surface area contributed by atoms with Crippen LogP contribution in [0, 0.1) is 0 Å². The van der Waals surface area contributed by atoms with E-state index in [1.807, 2.05) is 16.8 Å². The van der Waals surface area contributed by atoms with Gasteiger partial charge in [0.1, 0.15) is 0 Å². The highest BCUT2D eigenvalue weighted by Gasteiger charge is 2.24. The number of carbonyl (C=O) groups is 1. The zero-order valence-electron chi connectivity index (χ0n) is 13.3. The molecule has 0 unspecified atom stereocenters. The number of hydrogen-bond donors (Lipinski definition) is 2. The van der Waals surface area contributed by atoms with Gasteiger partial charge in [-0.1, -0.05) is 0 Å². The van der Waals surface area contributed by atoms with Gasteiger partial charge in [-0.2, -0.15) is 11.3 Å². The van der Waals surface area contributed by atoms with Crippen LogP contribution in [0.3, 0.4) is 0 Å². The van der Waals surface area contributed by atoms with Crippen molar-refractivity contribution in [2.24, 2.45) is 7.05 Å². The van der Waals surface area contributed by atoms with E-state index in [2.05, 4.69) is 15.6 Å². The smallest absolute Gasteiger partial charge is 0.322 e. The van der Waals surface area contributed by atoms with E-state index >= 15 is 0 Å². The van der Waals surface area contributed by atoms with Crippen molar-refractivity contribution in [3.05, 3.63) is 39.6 Å². The quantitative estimate of drug-likeness (QED) is 0.865. The maximum Gasteiger partial charge on any atom is 0.322 e. The van der Waals surface area contributed by atoms with Crippen LogP contribution in [0.2, 0.25) is 0 Å². The van der Waals surface area contributed by atoms with Crippen molar-refractivity contribution in [3.8, 4) is 0 Å². The Morgan fingerprint density at radius 2 is 2.42 bits per heavy atom. The number of hydrogen-bond acceptors (Lipinski definition) is 6. The van der Waals surface area contributed by atoms with Crippen LogP contribution in [0.5, 0.6) is 0 Å². The van der Waals surface area contributed by atoms with Gasteiger partial charge in [0.25, 0.3) is 5.56 Å². The minimum atomic E-state index is -0.196. The zero-order valence-corrected chi connectivity index (χ0v) is 14.1. The lowest BCUT2D eigenvalue weighted by molar-refractivity contribution is -0.00450. The third-order valence-electron chi connectivity index (χ3n) is 3.71. The van der Waals surface area contributed by atoms with Crippen molar-refractivity contribution in [2.45, 2.75) is 6.10 Å². The summed E-state index contributed by atoms with van der Waals surface area (Å²) in [5.74, 6) is 0.281. The van der Waals surface area contributed by atoms with Gasteiger partial charge in [0, 0.05) is 37.9 Å². The van der Waals surface area contributed by atoms with Crippen LogP contribution in [-0.4, -0.2) is 52.8 Å². The molecule has 3 heterocycles. The van der Waals surface area contributed by atoms with Gasteiger partial charge >= 0.3 is 6.03 Å². The van der Waals surface area contributed by atoms with Gasteiger partial charge in [0.05, 0.1) is 24.9 Å². The second-order valence-corrected chi connectivity index (χ2v) is 6.23. The van der Waals surface area contributed by atoms with Gasteiger partial charge in [-0.3, -0.25) is 4.79 Å². The Morgan fingerprint density at radius 3 is 3.21 bits per heavy atom. The van der Waals surface area contributed by atoms with Gasteiger partial charge < -0.3 is 24.8 Å². The summed E-state index contributed by atoms with van der Waals surface area (Å²) in [4.78, 5) is 29.9. The van der Waals surface area contributed by atoms with E-state index in [0.717, 1.165) is 5.69 Å². The first-order valence-corrected chi connectivity index (χ1v) is 8.53.